The van der Waals surface area contributed by atoms with Gasteiger partial charge >= 0.3 is 0 Å². The van der Waals surface area contributed by atoms with E-state index in [4.69, 9.17) is 4.74 Å². The first-order valence-corrected chi connectivity index (χ1v) is 7.00. The Bertz CT molecular complexity index is 361. The molecule has 3 heteroatoms. The van der Waals surface area contributed by atoms with E-state index < -0.39 is 0 Å². The fourth-order valence-corrected chi connectivity index (χ4v) is 1.85. The van der Waals surface area contributed by atoms with Gasteiger partial charge in [0.15, 0.2) is 0 Å². The number of hydrogen-bond donors (Lipinski definition) is 1. The molecule has 0 amide bonds. The van der Waals surface area contributed by atoms with Gasteiger partial charge in [-0.1, -0.05) is 32.8 Å². The Morgan fingerprint density at radius 3 is 2.83 bits per heavy atom. The number of rotatable bonds is 8. The molecule has 3 nitrogen and oxygen atoms in total. The second-order valence-corrected chi connectivity index (χ2v) is 5.44. The van der Waals surface area contributed by atoms with Gasteiger partial charge in [0.25, 0.3) is 0 Å². The van der Waals surface area contributed by atoms with Gasteiger partial charge < -0.3 is 10.1 Å². The van der Waals surface area contributed by atoms with Gasteiger partial charge in [-0.15, -0.1) is 0 Å². The number of aromatic nitrogens is 1. The van der Waals surface area contributed by atoms with Gasteiger partial charge in [0, 0.05) is 19.2 Å². The summed E-state index contributed by atoms with van der Waals surface area (Å²) in [6, 6.07) is 6.65. The molecule has 1 heterocycles. The zero-order valence-electron chi connectivity index (χ0n) is 11.5. The molecule has 1 aromatic heterocycles. The highest BCUT2D eigenvalue weighted by Gasteiger charge is 2.20. The molecule has 1 aromatic rings. The second-order valence-electron chi connectivity index (χ2n) is 5.44. The molecule has 0 bridgehead atoms. The normalized spacial score (nSPS) is 15.3. The van der Waals surface area contributed by atoms with Crippen molar-refractivity contribution in [3.05, 3.63) is 29.6 Å². The van der Waals surface area contributed by atoms with Gasteiger partial charge in [-0.3, -0.25) is 4.98 Å². The van der Waals surface area contributed by atoms with E-state index >= 15 is 0 Å². The van der Waals surface area contributed by atoms with Crippen LogP contribution in [0.2, 0.25) is 0 Å². The minimum Gasteiger partial charge on any atom is -0.375 e. The monoisotopic (exact) mass is 248 g/mol. The van der Waals surface area contributed by atoms with Crippen LogP contribution in [0.1, 0.15) is 44.5 Å². The summed E-state index contributed by atoms with van der Waals surface area (Å²) in [6.07, 6.45) is 4.02. The van der Waals surface area contributed by atoms with E-state index in [2.05, 4.69) is 36.3 Å². The quantitative estimate of drug-likeness (QED) is 0.718. The van der Waals surface area contributed by atoms with Crippen molar-refractivity contribution in [1.29, 1.82) is 0 Å². The summed E-state index contributed by atoms with van der Waals surface area (Å²) < 4.78 is 5.67. The van der Waals surface area contributed by atoms with Crippen LogP contribution < -0.4 is 5.32 Å². The first kappa shape index (κ1) is 13.5. The van der Waals surface area contributed by atoms with Gasteiger partial charge in [0.2, 0.25) is 0 Å². The molecule has 1 aliphatic rings. The highest BCUT2D eigenvalue weighted by molar-refractivity contribution is 5.10. The third-order valence-corrected chi connectivity index (χ3v) is 3.17. The van der Waals surface area contributed by atoms with Crippen molar-refractivity contribution in [1.82, 2.24) is 10.3 Å². The van der Waals surface area contributed by atoms with E-state index in [1.54, 1.807) is 0 Å². The summed E-state index contributed by atoms with van der Waals surface area (Å²) in [5.74, 6) is 0.944. The number of hydrogen-bond acceptors (Lipinski definition) is 3. The summed E-state index contributed by atoms with van der Waals surface area (Å²) in [4.78, 5) is 4.59. The third-order valence-electron chi connectivity index (χ3n) is 3.17. The predicted molar refractivity (Wildman–Crippen MR) is 73.2 cm³/mol. The minimum absolute atomic E-state index is 0.491. The van der Waals surface area contributed by atoms with E-state index in [9.17, 15) is 0 Å². The fourth-order valence-electron chi connectivity index (χ4n) is 1.85. The lowest BCUT2D eigenvalue weighted by molar-refractivity contribution is 0.112. The Labute approximate surface area is 110 Å². The van der Waals surface area contributed by atoms with Crippen molar-refractivity contribution >= 4 is 0 Å². The summed E-state index contributed by atoms with van der Waals surface area (Å²) in [5.41, 5.74) is 2.13. The lowest BCUT2D eigenvalue weighted by Gasteiger charge is -2.09. The van der Waals surface area contributed by atoms with E-state index in [1.165, 1.54) is 19.3 Å². The Morgan fingerprint density at radius 2 is 2.11 bits per heavy atom. The average molecular weight is 248 g/mol. The molecule has 0 radical (unpaired) electrons. The van der Waals surface area contributed by atoms with Crippen molar-refractivity contribution in [3.8, 4) is 0 Å². The Balaban J connectivity index is 1.71. The van der Waals surface area contributed by atoms with Gasteiger partial charge in [-0.2, -0.15) is 0 Å². The molecule has 100 valence electrons. The van der Waals surface area contributed by atoms with Gasteiger partial charge in [0.1, 0.15) is 0 Å². The molecule has 1 fully saturated rings. The van der Waals surface area contributed by atoms with Crippen LogP contribution in [0.5, 0.6) is 0 Å². The topological polar surface area (TPSA) is 34.1 Å². The summed E-state index contributed by atoms with van der Waals surface area (Å²) >= 11 is 0. The lowest BCUT2D eigenvalue weighted by atomic mass is 10.3. The Morgan fingerprint density at radius 1 is 1.33 bits per heavy atom. The molecule has 0 spiro atoms. The number of nitrogens with zero attached hydrogens (tertiary/aromatic N) is 1. The van der Waals surface area contributed by atoms with Crippen molar-refractivity contribution in [3.63, 3.8) is 0 Å². The van der Waals surface area contributed by atoms with Crippen molar-refractivity contribution in [2.24, 2.45) is 5.92 Å². The van der Waals surface area contributed by atoms with Crippen molar-refractivity contribution in [2.45, 2.75) is 52.3 Å². The van der Waals surface area contributed by atoms with E-state index in [0.717, 1.165) is 30.5 Å². The summed E-state index contributed by atoms with van der Waals surface area (Å²) in [5, 5.41) is 3.38. The lowest BCUT2D eigenvalue weighted by Crippen LogP contribution is -2.22. The largest absolute Gasteiger partial charge is 0.375 e. The van der Waals surface area contributed by atoms with Crippen molar-refractivity contribution in [2.75, 3.05) is 6.61 Å². The van der Waals surface area contributed by atoms with Crippen LogP contribution in [0.3, 0.4) is 0 Å². The molecular formula is C15H24N2O. The molecule has 0 saturated heterocycles. The van der Waals surface area contributed by atoms with Crippen LogP contribution in [0.4, 0.5) is 0 Å². The maximum Gasteiger partial charge on any atom is 0.0887 e. The minimum atomic E-state index is 0.491. The number of pyridine rings is 1. The third kappa shape index (κ3) is 5.15. The predicted octanol–water partition coefficient (Wildman–Crippen LogP) is 2.90. The zero-order valence-corrected chi connectivity index (χ0v) is 11.5. The number of ether oxygens (including phenoxy) is 1. The molecule has 0 aromatic carbocycles. The van der Waals surface area contributed by atoms with Gasteiger partial charge in [-0.25, -0.2) is 0 Å². The summed E-state index contributed by atoms with van der Waals surface area (Å²) in [7, 11) is 0. The highest BCUT2D eigenvalue weighted by atomic mass is 16.5. The highest BCUT2D eigenvalue weighted by Crippen LogP contribution is 2.32. The second kappa shape index (κ2) is 6.86. The molecule has 0 atom stereocenters. The van der Waals surface area contributed by atoms with E-state index in [0.29, 0.717) is 12.6 Å². The average Bonchev–Trinajstić information content (AvgIpc) is 3.17. The molecule has 1 saturated carbocycles. The first-order chi connectivity index (χ1) is 8.74. The SMILES string of the molecule is CC(C)NCc1cccc(COCCC2CC2)n1. The molecule has 1 aliphatic carbocycles. The Kier molecular flexibility index (Phi) is 5.14. The van der Waals surface area contributed by atoms with Crippen LogP contribution in [-0.4, -0.2) is 17.6 Å². The smallest absolute Gasteiger partial charge is 0.0887 e. The molecule has 0 aliphatic heterocycles. The van der Waals surface area contributed by atoms with E-state index in [1.807, 2.05) is 6.07 Å². The maximum atomic E-state index is 5.67. The van der Waals surface area contributed by atoms with Crippen LogP contribution >= 0.6 is 0 Å². The molecular weight excluding hydrogens is 224 g/mol. The van der Waals surface area contributed by atoms with Crippen LogP contribution in [0.15, 0.2) is 18.2 Å². The Hall–Kier alpha value is -0.930. The first-order valence-electron chi connectivity index (χ1n) is 7.00. The maximum absolute atomic E-state index is 5.67. The standard InChI is InChI=1S/C15H24N2O/c1-12(2)16-10-14-4-3-5-15(17-14)11-18-9-8-13-6-7-13/h3-5,12-13,16H,6-11H2,1-2H3. The van der Waals surface area contributed by atoms with Crippen LogP contribution in [0.25, 0.3) is 0 Å². The fraction of sp³-hybridized carbons (Fsp3) is 0.667. The van der Waals surface area contributed by atoms with E-state index in [-0.39, 0.29) is 0 Å². The molecule has 2 rings (SSSR count). The molecule has 1 N–H and O–H groups in total. The van der Waals surface area contributed by atoms with Gasteiger partial charge in [0.05, 0.1) is 18.0 Å². The zero-order chi connectivity index (χ0) is 12.8. The number of nitrogens with one attached hydrogen (secondary N) is 1. The molecule has 0 unspecified atom stereocenters. The molecule has 18 heavy (non-hydrogen) atoms. The van der Waals surface area contributed by atoms with Crippen LogP contribution in [0, 0.1) is 5.92 Å². The van der Waals surface area contributed by atoms with Crippen molar-refractivity contribution < 1.29 is 4.74 Å². The summed E-state index contributed by atoms with van der Waals surface area (Å²) in [6.45, 7) is 6.63. The van der Waals surface area contributed by atoms with Crippen LogP contribution in [-0.2, 0) is 17.9 Å². The van der Waals surface area contributed by atoms with Gasteiger partial charge in [-0.05, 0) is 24.5 Å².